The molecule has 0 aromatic heterocycles. The third-order valence-corrected chi connectivity index (χ3v) is 5.41. The normalized spacial score (nSPS) is 12.3. The van der Waals surface area contributed by atoms with Crippen LogP contribution >= 0.6 is 9.47 Å². The van der Waals surface area contributed by atoms with Gasteiger partial charge in [-0.05, 0) is 13.3 Å². The molecule has 0 saturated carbocycles. The number of esters is 1. The van der Waals surface area contributed by atoms with Crippen LogP contribution in [0.2, 0.25) is 0 Å². The first-order valence-corrected chi connectivity index (χ1v) is 11.7. The summed E-state index contributed by atoms with van der Waals surface area (Å²) in [7, 11) is 2.18. The van der Waals surface area contributed by atoms with E-state index in [4.69, 9.17) is 9.26 Å². The molecular weight excluding hydrogens is 343 g/mol. The second-order valence-corrected chi connectivity index (χ2v) is 7.95. The van der Waals surface area contributed by atoms with Gasteiger partial charge in [0, 0.05) is 9.47 Å². The van der Waals surface area contributed by atoms with Crippen LogP contribution in [0.4, 0.5) is 0 Å². The average molecular weight is 389 g/mol. The summed E-state index contributed by atoms with van der Waals surface area (Å²) in [5.74, 6) is -0.152. The molecule has 0 bridgehead atoms. The van der Waals surface area contributed by atoms with Gasteiger partial charge in [-0.25, -0.2) is 0 Å². The highest BCUT2D eigenvalue weighted by Gasteiger charge is 2.08. The van der Waals surface area contributed by atoms with Crippen LogP contribution in [0.3, 0.4) is 0 Å². The molecule has 0 aromatic rings. The minimum Gasteiger partial charge on any atom is -0.466 e. The van der Waals surface area contributed by atoms with E-state index in [1.807, 2.05) is 6.92 Å². The molecule has 0 aliphatic carbocycles. The maximum atomic E-state index is 11.5. The summed E-state index contributed by atoms with van der Waals surface area (Å²) in [5.41, 5.74) is 0. The predicted octanol–water partition coefficient (Wildman–Crippen LogP) is 7.38. The van der Waals surface area contributed by atoms with Gasteiger partial charge in [0.1, 0.15) is 0 Å². The zero-order valence-corrected chi connectivity index (χ0v) is 18.8. The third kappa shape index (κ3) is 20.2. The fraction of sp³-hybridized carbons (Fsp3) is 0.955. The Hall–Kier alpha value is -0.140. The number of hydrogen-bond donors (Lipinski definition) is 0. The minimum atomic E-state index is -0.152. The van der Waals surface area contributed by atoms with Crippen molar-refractivity contribution >= 4 is 15.4 Å². The lowest BCUT2D eigenvalue weighted by Gasteiger charge is -2.09. The molecular formula is C22H45O3P. The highest BCUT2D eigenvalue weighted by Crippen LogP contribution is 2.13. The predicted molar refractivity (Wildman–Crippen MR) is 115 cm³/mol. The molecule has 0 radical (unpaired) electrons. The highest BCUT2D eigenvalue weighted by atomic mass is 31.0. The van der Waals surface area contributed by atoms with E-state index >= 15 is 0 Å². The lowest BCUT2D eigenvalue weighted by atomic mass is 10.0. The zero-order chi connectivity index (χ0) is 19.3. The number of unbranched alkanes of at least 4 members (excludes halogenated alkanes) is 15. The summed E-state index contributed by atoms with van der Waals surface area (Å²) in [6.07, 6.45) is 22.0. The van der Waals surface area contributed by atoms with Crippen LogP contribution in [0.1, 0.15) is 123 Å². The van der Waals surface area contributed by atoms with E-state index in [1.165, 1.54) is 96.3 Å². The van der Waals surface area contributed by atoms with Gasteiger partial charge in [-0.3, -0.25) is 4.79 Å². The number of carbonyl (C=O) groups is 1. The Morgan fingerprint density at radius 1 is 0.731 bits per heavy atom. The van der Waals surface area contributed by atoms with Crippen molar-refractivity contribution in [3.8, 4) is 0 Å². The fourth-order valence-corrected chi connectivity index (χ4v) is 3.27. The molecule has 0 aromatic carbocycles. The summed E-state index contributed by atoms with van der Waals surface area (Å²) < 4.78 is 10.2. The number of carbonyl (C=O) groups excluding carboxylic acids is 1. The Morgan fingerprint density at radius 3 is 1.50 bits per heavy atom. The summed E-state index contributed by atoms with van der Waals surface area (Å²) in [6.45, 7) is 4.70. The number of rotatable bonds is 20. The summed E-state index contributed by atoms with van der Waals surface area (Å²) in [5, 5.41) is 0. The van der Waals surface area contributed by atoms with Crippen molar-refractivity contribution in [1.29, 1.82) is 0 Å². The van der Waals surface area contributed by atoms with Gasteiger partial charge in [0.15, 0.2) is 0 Å². The zero-order valence-electron chi connectivity index (χ0n) is 17.6. The monoisotopic (exact) mass is 388 g/mol. The van der Waals surface area contributed by atoms with Gasteiger partial charge < -0.3 is 9.26 Å². The molecule has 0 rings (SSSR count). The molecule has 3 nitrogen and oxygen atoms in total. The molecule has 2 atom stereocenters. The topological polar surface area (TPSA) is 35.5 Å². The molecule has 0 fully saturated rings. The van der Waals surface area contributed by atoms with Crippen molar-refractivity contribution in [2.45, 2.75) is 129 Å². The Kier molecular flexibility index (Phi) is 21.0. The van der Waals surface area contributed by atoms with E-state index < -0.39 is 0 Å². The SMILES string of the molecule is CCCCCCCCCCCCCCCCCCOC(=O)CC(C)OP. The van der Waals surface area contributed by atoms with Gasteiger partial charge in [-0.2, -0.15) is 0 Å². The largest absolute Gasteiger partial charge is 0.466 e. The van der Waals surface area contributed by atoms with Crippen molar-refractivity contribution in [2.75, 3.05) is 6.61 Å². The van der Waals surface area contributed by atoms with E-state index in [0.717, 1.165) is 6.42 Å². The van der Waals surface area contributed by atoms with Crippen molar-refractivity contribution in [2.24, 2.45) is 0 Å². The Bertz CT molecular complexity index is 297. The van der Waals surface area contributed by atoms with Crippen LogP contribution in [-0.4, -0.2) is 18.7 Å². The maximum Gasteiger partial charge on any atom is 0.308 e. The summed E-state index contributed by atoms with van der Waals surface area (Å²) in [6, 6.07) is 0. The Balaban J connectivity index is 3.10. The summed E-state index contributed by atoms with van der Waals surface area (Å²) >= 11 is 0. The second-order valence-electron chi connectivity index (χ2n) is 7.67. The molecule has 2 unspecified atom stereocenters. The first-order valence-electron chi connectivity index (χ1n) is 11.2. The third-order valence-electron chi connectivity index (χ3n) is 4.95. The minimum absolute atomic E-state index is 0.0849. The smallest absolute Gasteiger partial charge is 0.308 e. The van der Waals surface area contributed by atoms with Crippen LogP contribution in [-0.2, 0) is 14.1 Å². The van der Waals surface area contributed by atoms with E-state index in [1.54, 1.807) is 0 Å². The molecule has 0 N–H and O–H groups in total. The Labute approximate surface area is 165 Å². The first-order chi connectivity index (χ1) is 12.7. The molecule has 0 aliphatic heterocycles. The van der Waals surface area contributed by atoms with Crippen LogP contribution in [0, 0.1) is 0 Å². The number of ether oxygens (including phenoxy) is 1. The molecule has 156 valence electrons. The van der Waals surface area contributed by atoms with E-state index in [2.05, 4.69) is 16.4 Å². The van der Waals surface area contributed by atoms with Gasteiger partial charge in [-0.15, -0.1) is 0 Å². The van der Waals surface area contributed by atoms with Crippen molar-refractivity contribution in [3.63, 3.8) is 0 Å². The van der Waals surface area contributed by atoms with Gasteiger partial charge in [-0.1, -0.05) is 103 Å². The highest BCUT2D eigenvalue weighted by molar-refractivity contribution is 7.09. The first kappa shape index (κ1) is 25.9. The molecule has 0 saturated heterocycles. The second kappa shape index (κ2) is 21.2. The van der Waals surface area contributed by atoms with Crippen molar-refractivity contribution in [3.05, 3.63) is 0 Å². The van der Waals surface area contributed by atoms with E-state index in [9.17, 15) is 4.79 Å². The lowest BCUT2D eigenvalue weighted by Crippen LogP contribution is -2.13. The van der Waals surface area contributed by atoms with Gasteiger partial charge in [0.2, 0.25) is 0 Å². The van der Waals surface area contributed by atoms with Gasteiger partial charge >= 0.3 is 5.97 Å². The lowest BCUT2D eigenvalue weighted by molar-refractivity contribution is -0.145. The van der Waals surface area contributed by atoms with Crippen LogP contribution < -0.4 is 0 Å². The van der Waals surface area contributed by atoms with E-state index in [0.29, 0.717) is 13.0 Å². The van der Waals surface area contributed by atoms with Crippen molar-refractivity contribution < 1.29 is 14.1 Å². The average Bonchev–Trinajstić information content (AvgIpc) is 2.64. The van der Waals surface area contributed by atoms with Crippen LogP contribution in [0.5, 0.6) is 0 Å². The summed E-state index contributed by atoms with van der Waals surface area (Å²) in [4.78, 5) is 11.5. The number of hydrogen-bond acceptors (Lipinski definition) is 3. The van der Waals surface area contributed by atoms with Gasteiger partial charge in [0.25, 0.3) is 0 Å². The molecule has 0 heterocycles. The fourth-order valence-electron chi connectivity index (χ4n) is 3.18. The molecule has 0 amide bonds. The standard InChI is InChI=1S/C22H45O3P/c1-3-4-5-6-7-8-9-10-11-12-13-14-15-16-17-18-19-24-22(23)20-21(2)25-26/h21H,3-20,26H2,1-2H3. The van der Waals surface area contributed by atoms with Crippen LogP contribution in [0.15, 0.2) is 0 Å². The molecule has 0 aliphatic rings. The maximum absolute atomic E-state index is 11.5. The van der Waals surface area contributed by atoms with Crippen molar-refractivity contribution in [1.82, 2.24) is 0 Å². The Morgan fingerprint density at radius 2 is 1.12 bits per heavy atom. The van der Waals surface area contributed by atoms with Crippen LogP contribution in [0.25, 0.3) is 0 Å². The van der Waals surface area contributed by atoms with Gasteiger partial charge in [0.05, 0.1) is 19.1 Å². The van der Waals surface area contributed by atoms with E-state index in [-0.39, 0.29) is 12.1 Å². The molecule has 0 spiro atoms. The molecule has 26 heavy (non-hydrogen) atoms. The molecule has 4 heteroatoms. The quantitative estimate of drug-likeness (QED) is 0.124.